The second-order valence-corrected chi connectivity index (χ2v) is 9.30. The van der Waals surface area contributed by atoms with E-state index in [4.69, 9.17) is 15.7 Å². The normalized spacial score (nSPS) is 14.4. The summed E-state index contributed by atoms with van der Waals surface area (Å²) in [5, 5.41) is -2.10. The van der Waals surface area contributed by atoms with Gasteiger partial charge in [0, 0.05) is 24.5 Å². The van der Waals surface area contributed by atoms with E-state index in [-0.39, 0.29) is 27.4 Å². The summed E-state index contributed by atoms with van der Waals surface area (Å²) < 4.78 is 41.0. The summed E-state index contributed by atoms with van der Waals surface area (Å²) in [7, 11) is 9.69. The lowest BCUT2D eigenvalue weighted by Crippen LogP contribution is -2.14. The molecule has 0 saturated heterocycles. The highest BCUT2D eigenvalue weighted by atomic mass is 32.2. The molecule has 0 spiro atoms. The average molecular weight is 399 g/mol. The van der Waals surface area contributed by atoms with Gasteiger partial charge < -0.3 is 4.57 Å². The summed E-state index contributed by atoms with van der Waals surface area (Å²) in [6.07, 6.45) is 3.00. The fourth-order valence-electron chi connectivity index (χ4n) is 2.82. The summed E-state index contributed by atoms with van der Waals surface area (Å²) in [6, 6.07) is 4.66. The van der Waals surface area contributed by atoms with Crippen LogP contribution in [0.15, 0.2) is 35.5 Å². The van der Waals surface area contributed by atoms with Gasteiger partial charge in [-0.2, -0.15) is 0 Å². The summed E-state index contributed by atoms with van der Waals surface area (Å²) in [6.45, 7) is 4.02. The Balaban J connectivity index is 2.28. The molecule has 0 fully saturated rings. The molecule has 2 unspecified atom stereocenters. The number of hydrogen-bond donors (Lipinski definition) is 0. The first-order valence-electron chi connectivity index (χ1n) is 8.33. The zero-order valence-electron chi connectivity index (χ0n) is 15.0. The highest BCUT2D eigenvalue weighted by Gasteiger charge is 2.26. The van der Waals surface area contributed by atoms with Gasteiger partial charge in [-0.1, -0.05) is 12.4 Å². The average Bonchev–Trinajstić information content (AvgIpc) is 3.04. The van der Waals surface area contributed by atoms with E-state index in [1.807, 2.05) is 16.2 Å². The van der Waals surface area contributed by atoms with E-state index < -0.39 is 15.1 Å². The van der Waals surface area contributed by atoms with Gasteiger partial charge in [0.25, 0.3) is 0 Å². The van der Waals surface area contributed by atoms with Gasteiger partial charge in [0.1, 0.15) is 26.7 Å². The van der Waals surface area contributed by atoms with Gasteiger partial charge in [-0.25, -0.2) is 17.8 Å². The molecule has 10 heteroatoms. The second-order valence-electron chi connectivity index (χ2n) is 6.21. The molecule has 136 valence electrons. The third-order valence-electron chi connectivity index (χ3n) is 4.29. The van der Waals surface area contributed by atoms with Crippen molar-refractivity contribution in [3.63, 3.8) is 0 Å². The van der Waals surface area contributed by atoms with Crippen LogP contribution in [0.25, 0.3) is 22.8 Å². The maximum absolute atomic E-state index is 14.2. The fraction of sp³-hybridized carbons (Fsp3) is 0.294. The summed E-state index contributed by atoms with van der Waals surface area (Å²) >= 11 is 0. The van der Waals surface area contributed by atoms with Crippen LogP contribution in [-0.2, 0) is 21.7 Å². The highest BCUT2D eigenvalue weighted by Crippen LogP contribution is 2.36. The third-order valence-corrected chi connectivity index (χ3v) is 6.36. The van der Waals surface area contributed by atoms with E-state index in [2.05, 4.69) is 9.97 Å². The molecule has 1 aromatic rings. The Morgan fingerprint density at radius 3 is 2.56 bits per heavy atom. The zero-order chi connectivity index (χ0) is 20.0. The molecule has 2 aliphatic rings. The van der Waals surface area contributed by atoms with E-state index in [1.165, 1.54) is 12.3 Å². The summed E-state index contributed by atoms with van der Waals surface area (Å²) in [5.74, 6) is -0.0882. The minimum Gasteiger partial charge on any atom is -0.346 e. The van der Waals surface area contributed by atoms with E-state index >= 15 is 0 Å². The topological polar surface area (TPSA) is 64.8 Å². The minimum absolute atomic E-state index is 0.0285. The molecule has 2 aliphatic heterocycles. The van der Waals surface area contributed by atoms with Crippen LogP contribution in [0.4, 0.5) is 4.39 Å². The molecule has 0 N–H and O–H groups in total. The smallest absolute Gasteiger partial charge is 0.180 e. The number of rotatable bonds is 5. The van der Waals surface area contributed by atoms with Crippen LogP contribution in [0.2, 0.25) is 0 Å². The maximum atomic E-state index is 14.2. The monoisotopic (exact) mass is 399 g/mol. The second kappa shape index (κ2) is 7.02. The number of halogens is 1. The Morgan fingerprint density at radius 2 is 1.96 bits per heavy atom. The zero-order valence-corrected chi connectivity index (χ0v) is 16.9. The Kier molecular flexibility index (Phi) is 5.21. The molecule has 27 heavy (non-hydrogen) atoms. The Labute approximate surface area is 163 Å². The van der Waals surface area contributed by atoms with Crippen molar-refractivity contribution in [2.45, 2.75) is 30.6 Å². The van der Waals surface area contributed by atoms with E-state index in [9.17, 15) is 12.8 Å². The van der Waals surface area contributed by atoms with Gasteiger partial charge in [0.05, 0.1) is 27.7 Å². The molecule has 4 radical (unpaired) electrons. The molecule has 0 aromatic carbocycles. The van der Waals surface area contributed by atoms with Crippen molar-refractivity contribution >= 4 is 40.2 Å². The SMILES string of the molecule is [B]c1cnc(-c2cc3n(CC)cc(C([B])(F)P)cc-3n2)c(S(=O)(=O)CC)c1. The molecule has 1 aromatic heterocycles. The van der Waals surface area contributed by atoms with E-state index in [0.717, 1.165) is 5.69 Å². The predicted octanol–water partition coefficient (Wildman–Crippen LogP) is 1.78. The van der Waals surface area contributed by atoms with Crippen LogP contribution >= 0.6 is 9.24 Å². The van der Waals surface area contributed by atoms with Crippen molar-refractivity contribution in [3.05, 3.63) is 36.2 Å². The van der Waals surface area contributed by atoms with Crippen LogP contribution in [0.3, 0.4) is 0 Å². The number of hydrogen-bond acceptors (Lipinski definition) is 4. The Morgan fingerprint density at radius 1 is 1.26 bits per heavy atom. The lowest BCUT2D eigenvalue weighted by molar-refractivity contribution is 0.410. The molecular formula is C17H17B2FN3O2PS. The number of nitrogens with zero attached hydrogens (tertiary/aromatic N) is 3. The van der Waals surface area contributed by atoms with Gasteiger partial charge in [0.2, 0.25) is 0 Å². The van der Waals surface area contributed by atoms with Crippen molar-refractivity contribution in [3.8, 4) is 22.8 Å². The number of aryl methyl sites for hydroxylation is 1. The van der Waals surface area contributed by atoms with Crippen molar-refractivity contribution in [1.82, 2.24) is 14.5 Å². The molecular weight excluding hydrogens is 382 g/mol. The van der Waals surface area contributed by atoms with E-state index in [1.54, 1.807) is 29.8 Å². The highest BCUT2D eigenvalue weighted by molar-refractivity contribution is 7.91. The quantitative estimate of drug-likeness (QED) is 0.485. The van der Waals surface area contributed by atoms with Crippen molar-refractivity contribution in [2.75, 3.05) is 5.75 Å². The van der Waals surface area contributed by atoms with Gasteiger partial charge >= 0.3 is 0 Å². The molecule has 0 amide bonds. The minimum atomic E-state index is -3.56. The van der Waals surface area contributed by atoms with Crippen molar-refractivity contribution in [1.29, 1.82) is 0 Å². The number of pyridine rings is 2. The van der Waals surface area contributed by atoms with Crippen LogP contribution < -0.4 is 5.46 Å². The van der Waals surface area contributed by atoms with Crippen LogP contribution in [0, 0.1) is 0 Å². The molecule has 0 saturated carbocycles. The molecule has 3 heterocycles. The van der Waals surface area contributed by atoms with Crippen LogP contribution in [-0.4, -0.2) is 44.4 Å². The number of fused-ring (bicyclic) bond motifs is 1. The standard InChI is InChI=1S/C17H17B2FN3O2PS/c1-3-23-9-10(17(19,20)26)5-12-14(23)7-13(22-12)16-15(27(24,25)4-2)6-11(18)8-21-16/h5-9H,3-4,26H2,1-2H3. The Bertz CT molecular complexity index is 1080. The largest absolute Gasteiger partial charge is 0.346 e. The lowest BCUT2D eigenvalue weighted by atomic mass is 9.93. The lowest BCUT2D eigenvalue weighted by Gasteiger charge is -2.19. The molecule has 5 nitrogen and oxygen atoms in total. The molecule has 0 bridgehead atoms. The number of sulfone groups is 1. The molecule has 2 atom stereocenters. The van der Waals surface area contributed by atoms with Crippen molar-refractivity contribution < 1.29 is 12.8 Å². The van der Waals surface area contributed by atoms with Gasteiger partial charge in [-0.3, -0.25) is 4.98 Å². The van der Waals surface area contributed by atoms with Gasteiger partial charge in [0.15, 0.2) is 9.84 Å². The molecule has 3 rings (SSSR count). The first-order chi connectivity index (χ1) is 12.6. The predicted molar refractivity (Wildman–Crippen MR) is 109 cm³/mol. The maximum Gasteiger partial charge on any atom is 0.180 e. The molecule has 0 aliphatic carbocycles. The fourth-order valence-corrected chi connectivity index (χ4v) is 4.05. The van der Waals surface area contributed by atoms with Gasteiger partial charge in [-0.15, -0.1) is 9.24 Å². The number of aromatic nitrogens is 3. The summed E-state index contributed by atoms with van der Waals surface area (Å²) in [5.41, 5.74) is 2.32. The first kappa shape index (κ1) is 20.0. The van der Waals surface area contributed by atoms with Crippen molar-refractivity contribution in [2.24, 2.45) is 0 Å². The van der Waals surface area contributed by atoms with E-state index in [0.29, 0.717) is 17.9 Å². The third kappa shape index (κ3) is 3.81. The first-order valence-corrected chi connectivity index (χ1v) is 10.6. The van der Waals surface area contributed by atoms with Gasteiger partial charge in [-0.05, 0) is 25.1 Å². The Hall–Kier alpha value is -1.72. The van der Waals surface area contributed by atoms with Crippen LogP contribution in [0.1, 0.15) is 19.4 Å². The summed E-state index contributed by atoms with van der Waals surface area (Å²) in [4.78, 5) is 8.72. The number of alkyl halides is 1. The van der Waals surface area contributed by atoms with Crippen LogP contribution in [0.5, 0.6) is 0 Å².